The van der Waals surface area contributed by atoms with Crippen LogP contribution in [0.15, 0.2) is 17.9 Å². The molecule has 3 rings (SSSR count). The minimum Gasteiger partial charge on any atom is -0.129 e. The van der Waals surface area contributed by atoms with Crippen molar-refractivity contribution in [3.63, 3.8) is 0 Å². The van der Waals surface area contributed by atoms with Crippen LogP contribution in [-0.2, 0) is 0 Å². The fourth-order valence-electron chi connectivity index (χ4n) is 6.08. The molecule has 0 radical (unpaired) electrons. The van der Waals surface area contributed by atoms with Gasteiger partial charge in [0.2, 0.25) is 0 Å². The first-order valence-electron chi connectivity index (χ1n) is 9.74. The lowest BCUT2D eigenvalue weighted by Crippen LogP contribution is -2.40. The topological polar surface area (TPSA) is 0 Å². The number of allylic oxidation sites excluding steroid dienone is 1. The Kier molecular flexibility index (Phi) is 3.92. The standard InChI is InChI=1S/C22H36/c1-8-14(3)15(4)16(5)17(6)18(7)20-10-11-21(20)13-22(21)12-19(22)9-2/h14-18,20H,2,8,10-13H2,1,3-7H3. The van der Waals surface area contributed by atoms with Crippen LogP contribution in [0.3, 0.4) is 0 Å². The van der Waals surface area contributed by atoms with Crippen LogP contribution in [0.25, 0.3) is 0 Å². The Labute approximate surface area is 138 Å². The van der Waals surface area contributed by atoms with Crippen LogP contribution in [-0.4, -0.2) is 0 Å². The van der Waals surface area contributed by atoms with Crippen molar-refractivity contribution < 1.29 is 0 Å². The van der Waals surface area contributed by atoms with Crippen LogP contribution in [0.2, 0.25) is 0 Å². The maximum atomic E-state index is 3.91. The summed E-state index contributed by atoms with van der Waals surface area (Å²) in [6.45, 7) is 18.8. The zero-order valence-corrected chi connectivity index (χ0v) is 15.7. The molecule has 8 atom stereocenters. The van der Waals surface area contributed by atoms with Crippen LogP contribution in [0.5, 0.6) is 0 Å². The predicted octanol–water partition coefficient (Wildman–Crippen LogP) is 6.48. The predicted molar refractivity (Wildman–Crippen MR) is 95.6 cm³/mol. The van der Waals surface area contributed by atoms with Crippen molar-refractivity contribution in [2.45, 2.75) is 73.6 Å². The molecule has 22 heavy (non-hydrogen) atoms. The normalized spacial score (nSPS) is 42.3. The second kappa shape index (κ2) is 5.27. The molecule has 3 aliphatic carbocycles. The summed E-state index contributed by atoms with van der Waals surface area (Å²) in [6.07, 6.45) is 7.07. The van der Waals surface area contributed by atoms with Gasteiger partial charge in [0.1, 0.15) is 0 Å². The minimum atomic E-state index is 0.608. The minimum absolute atomic E-state index is 0.608. The van der Waals surface area contributed by atoms with Gasteiger partial charge in [-0.05, 0) is 72.2 Å². The molecule has 3 aliphatic rings. The Balaban J connectivity index is 1.65. The maximum absolute atomic E-state index is 3.91. The first kappa shape index (κ1) is 16.4. The Morgan fingerprint density at radius 2 is 1.82 bits per heavy atom. The van der Waals surface area contributed by atoms with Crippen molar-refractivity contribution in [2.24, 2.45) is 46.3 Å². The van der Waals surface area contributed by atoms with Crippen molar-refractivity contribution in [2.75, 3.05) is 0 Å². The fraction of sp³-hybridized carbons (Fsp3) is 0.864. The largest absolute Gasteiger partial charge is 0.129 e. The molecule has 0 N–H and O–H groups in total. The van der Waals surface area contributed by atoms with Crippen molar-refractivity contribution in [1.82, 2.24) is 0 Å². The molecule has 0 aromatic carbocycles. The molecule has 0 aliphatic heterocycles. The Morgan fingerprint density at radius 1 is 1.14 bits per heavy atom. The van der Waals surface area contributed by atoms with Gasteiger partial charge in [-0.25, -0.2) is 0 Å². The van der Waals surface area contributed by atoms with E-state index in [9.17, 15) is 0 Å². The zero-order chi connectivity index (χ0) is 16.3. The molecule has 0 heterocycles. The highest BCUT2D eigenvalue weighted by Crippen LogP contribution is 2.89. The van der Waals surface area contributed by atoms with Gasteiger partial charge in [-0.1, -0.05) is 54.5 Å². The summed E-state index contributed by atoms with van der Waals surface area (Å²) < 4.78 is 0. The number of rotatable bonds is 6. The third kappa shape index (κ3) is 2.02. The third-order valence-corrected chi connectivity index (χ3v) is 8.87. The molecule has 0 aromatic heterocycles. The number of hydrogen-bond donors (Lipinski definition) is 0. The van der Waals surface area contributed by atoms with Gasteiger partial charge in [-0.3, -0.25) is 0 Å². The average Bonchev–Trinajstić information content (AvgIpc) is 3.40. The molecule has 3 saturated carbocycles. The molecular weight excluding hydrogens is 264 g/mol. The molecule has 0 amide bonds. The van der Waals surface area contributed by atoms with Crippen LogP contribution >= 0.6 is 0 Å². The smallest absolute Gasteiger partial charge is 0.00963 e. The summed E-state index contributed by atoms with van der Waals surface area (Å²) in [6, 6.07) is 0. The molecule has 0 bridgehead atoms. The van der Waals surface area contributed by atoms with Crippen molar-refractivity contribution >= 4 is 0 Å². The summed E-state index contributed by atoms with van der Waals surface area (Å²) in [5.41, 5.74) is 6.10. The van der Waals surface area contributed by atoms with E-state index >= 15 is 0 Å². The van der Waals surface area contributed by atoms with E-state index in [1.807, 2.05) is 0 Å². The highest BCUT2D eigenvalue weighted by molar-refractivity contribution is 5.48. The van der Waals surface area contributed by atoms with Gasteiger partial charge in [-0.15, -0.1) is 5.73 Å². The first-order valence-corrected chi connectivity index (χ1v) is 9.74. The molecule has 0 nitrogen and oxygen atoms in total. The van der Waals surface area contributed by atoms with Crippen molar-refractivity contribution in [1.29, 1.82) is 0 Å². The summed E-state index contributed by atoms with van der Waals surface area (Å²) in [4.78, 5) is 0. The van der Waals surface area contributed by atoms with Crippen molar-refractivity contribution in [3.05, 3.63) is 17.9 Å². The lowest BCUT2D eigenvalue weighted by atomic mass is 9.58. The molecule has 8 unspecified atom stereocenters. The van der Waals surface area contributed by atoms with Gasteiger partial charge in [0.15, 0.2) is 0 Å². The Hall–Kier alpha value is -0.480. The van der Waals surface area contributed by atoms with Crippen LogP contribution in [0.1, 0.15) is 73.6 Å². The monoisotopic (exact) mass is 300 g/mol. The quantitative estimate of drug-likeness (QED) is 0.492. The summed E-state index contributed by atoms with van der Waals surface area (Å²) in [5, 5.41) is 0. The lowest BCUT2D eigenvalue weighted by Gasteiger charge is -2.47. The number of hydrogen-bond acceptors (Lipinski definition) is 0. The Morgan fingerprint density at radius 3 is 2.27 bits per heavy atom. The van der Waals surface area contributed by atoms with E-state index in [1.165, 1.54) is 32.1 Å². The molecule has 0 saturated heterocycles. The van der Waals surface area contributed by atoms with E-state index in [4.69, 9.17) is 0 Å². The van der Waals surface area contributed by atoms with Gasteiger partial charge >= 0.3 is 0 Å². The maximum Gasteiger partial charge on any atom is 0.00963 e. The Bertz CT molecular complexity index is 496. The molecule has 3 fully saturated rings. The van der Waals surface area contributed by atoms with Gasteiger partial charge in [0.25, 0.3) is 0 Å². The zero-order valence-electron chi connectivity index (χ0n) is 15.7. The van der Waals surface area contributed by atoms with E-state index in [2.05, 4.69) is 53.9 Å². The summed E-state index contributed by atoms with van der Waals surface area (Å²) in [5.74, 6) is 5.23. The lowest BCUT2D eigenvalue weighted by molar-refractivity contribution is 0.0193. The fourth-order valence-corrected chi connectivity index (χ4v) is 6.08. The van der Waals surface area contributed by atoms with Gasteiger partial charge in [0.05, 0.1) is 0 Å². The molecular formula is C22H36. The second-order valence-electron chi connectivity index (χ2n) is 9.21. The third-order valence-electron chi connectivity index (χ3n) is 8.87. The molecule has 0 aromatic rings. The first-order chi connectivity index (χ1) is 10.3. The van der Waals surface area contributed by atoms with Crippen molar-refractivity contribution in [3.8, 4) is 0 Å². The number of fused-ring (bicyclic) bond motifs is 1. The van der Waals surface area contributed by atoms with E-state index < -0.39 is 0 Å². The van der Waals surface area contributed by atoms with Gasteiger partial charge in [-0.2, -0.15) is 0 Å². The summed E-state index contributed by atoms with van der Waals surface area (Å²) >= 11 is 0. The van der Waals surface area contributed by atoms with Gasteiger partial charge in [0, 0.05) is 5.41 Å². The SMILES string of the molecule is C=C=C1CC12CC21CCC1C(C)C(C)C(C)C(C)C(C)CC. The second-order valence-corrected chi connectivity index (χ2v) is 9.21. The molecule has 0 heteroatoms. The van der Waals surface area contributed by atoms with E-state index in [0.717, 1.165) is 35.5 Å². The van der Waals surface area contributed by atoms with E-state index in [0.29, 0.717) is 10.8 Å². The van der Waals surface area contributed by atoms with Crippen LogP contribution in [0, 0.1) is 46.3 Å². The average molecular weight is 301 g/mol. The molecule has 2 spiro atoms. The van der Waals surface area contributed by atoms with Crippen LogP contribution < -0.4 is 0 Å². The van der Waals surface area contributed by atoms with E-state index in [1.54, 1.807) is 5.57 Å². The summed E-state index contributed by atoms with van der Waals surface area (Å²) in [7, 11) is 0. The molecule has 124 valence electrons. The highest BCUT2D eigenvalue weighted by atomic mass is 14.8. The van der Waals surface area contributed by atoms with E-state index in [-0.39, 0.29) is 0 Å². The highest BCUT2D eigenvalue weighted by Gasteiger charge is 2.82. The van der Waals surface area contributed by atoms with Crippen LogP contribution in [0.4, 0.5) is 0 Å². The van der Waals surface area contributed by atoms with Gasteiger partial charge < -0.3 is 0 Å².